The smallest absolute Gasteiger partial charge is 0.0945 e. The maximum Gasteiger partial charge on any atom is 0.0945 e. The van der Waals surface area contributed by atoms with Gasteiger partial charge in [-0.25, -0.2) is 4.98 Å². The lowest BCUT2D eigenvalue weighted by atomic mass is 10.0. The summed E-state index contributed by atoms with van der Waals surface area (Å²) in [6, 6.07) is 0. The quantitative estimate of drug-likeness (QED) is 0.611. The summed E-state index contributed by atoms with van der Waals surface area (Å²) in [4.78, 5) is 4.01. The molecule has 0 fully saturated rings. The predicted octanol–water partition coefficient (Wildman–Crippen LogP) is 1.66. The van der Waals surface area contributed by atoms with Gasteiger partial charge < -0.3 is 15.0 Å². The number of aliphatic hydroxyl groups is 1. The van der Waals surface area contributed by atoms with Crippen LogP contribution in [0.4, 0.5) is 0 Å². The molecule has 1 unspecified atom stereocenters. The molecule has 1 aromatic rings. The first-order valence-electron chi connectivity index (χ1n) is 6.64. The number of aliphatic hydroxyl groups excluding tert-OH is 1. The molecular weight excluding hydrogens is 214 g/mol. The van der Waals surface area contributed by atoms with E-state index in [4.69, 9.17) is 5.11 Å². The summed E-state index contributed by atoms with van der Waals surface area (Å²) in [6.07, 6.45) is 10.1. The zero-order chi connectivity index (χ0) is 12.3. The van der Waals surface area contributed by atoms with Gasteiger partial charge in [0.05, 0.1) is 6.33 Å². The van der Waals surface area contributed by atoms with E-state index in [0.717, 1.165) is 32.5 Å². The van der Waals surface area contributed by atoms with Gasteiger partial charge in [-0.1, -0.05) is 13.3 Å². The van der Waals surface area contributed by atoms with Gasteiger partial charge in [-0.2, -0.15) is 0 Å². The average molecular weight is 239 g/mol. The maximum atomic E-state index is 8.95. The molecule has 4 heteroatoms. The van der Waals surface area contributed by atoms with E-state index in [1.54, 1.807) is 0 Å². The minimum Gasteiger partial charge on any atom is -0.396 e. The van der Waals surface area contributed by atoms with Crippen molar-refractivity contribution in [3.8, 4) is 0 Å². The van der Waals surface area contributed by atoms with E-state index in [1.807, 2.05) is 18.7 Å². The number of imidazole rings is 1. The van der Waals surface area contributed by atoms with Crippen LogP contribution in [0.2, 0.25) is 0 Å². The van der Waals surface area contributed by atoms with E-state index in [0.29, 0.717) is 12.5 Å². The Balaban J connectivity index is 2.01. The Morgan fingerprint density at radius 1 is 1.41 bits per heavy atom. The van der Waals surface area contributed by atoms with Gasteiger partial charge in [0.2, 0.25) is 0 Å². The lowest BCUT2D eigenvalue weighted by Crippen LogP contribution is -2.25. The van der Waals surface area contributed by atoms with Gasteiger partial charge in [0, 0.05) is 25.5 Å². The molecule has 2 N–H and O–H groups in total. The highest BCUT2D eigenvalue weighted by atomic mass is 16.3. The van der Waals surface area contributed by atoms with E-state index in [1.165, 1.54) is 12.8 Å². The van der Waals surface area contributed by atoms with Crippen molar-refractivity contribution < 1.29 is 5.11 Å². The molecule has 0 radical (unpaired) electrons. The molecule has 0 saturated heterocycles. The van der Waals surface area contributed by atoms with Gasteiger partial charge in [-0.3, -0.25) is 0 Å². The third-order valence-corrected chi connectivity index (χ3v) is 3.00. The predicted molar refractivity (Wildman–Crippen MR) is 69.8 cm³/mol. The normalized spacial score (nSPS) is 12.8. The number of aryl methyl sites for hydroxylation is 1. The van der Waals surface area contributed by atoms with Gasteiger partial charge in [0.25, 0.3) is 0 Å². The first kappa shape index (κ1) is 14.2. The van der Waals surface area contributed by atoms with Crippen LogP contribution in [0.1, 0.15) is 32.6 Å². The average Bonchev–Trinajstić information content (AvgIpc) is 2.82. The first-order chi connectivity index (χ1) is 8.36. The Kier molecular flexibility index (Phi) is 7.67. The monoisotopic (exact) mass is 239 g/mol. The fourth-order valence-corrected chi connectivity index (χ4v) is 2.05. The summed E-state index contributed by atoms with van der Waals surface area (Å²) in [7, 11) is 0. The minimum atomic E-state index is 0.307. The minimum absolute atomic E-state index is 0.307. The Bertz CT molecular complexity index is 256. The molecule has 0 spiro atoms. The van der Waals surface area contributed by atoms with Crippen LogP contribution in [0, 0.1) is 5.92 Å². The lowest BCUT2D eigenvalue weighted by Gasteiger charge is -2.15. The molecule has 1 rings (SSSR count). The fourth-order valence-electron chi connectivity index (χ4n) is 2.05. The lowest BCUT2D eigenvalue weighted by molar-refractivity contribution is 0.248. The molecule has 1 aromatic heterocycles. The number of hydrogen-bond donors (Lipinski definition) is 2. The molecular formula is C13H25N3O. The summed E-state index contributed by atoms with van der Waals surface area (Å²) >= 11 is 0. The van der Waals surface area contributed by atoms with Crippen LogP contribution in [0.15, 0.2) is 18.7 Å². The Morgan fingerprint density at radius 2 is 2.29 bits per heavy atom. The first-order valence-corrected chi connectivity index (χ1v) is 6.64. The summed E-state index contributed by atoms with van der Waals surface area (Å²) < 4.78 is 2.10. The second-order valence-electron chi connectivity index (χ2n) is 4.53. The number of rotatable bonds is 10. The van der Waals surface area contributed by atoms with Crippen molar-refractivity contribution >= 4 is 0 Å². The molecule has 17 heavy (non-hydrogen) atoms. The molecule has 0 saturated carbocycles. The van der Waals surface area contributed by atoms with Crippen molar-refractivity contribution in [3.63, 3.8) is 0 Å². The van der Waals surface area contributed by atoms with E-state index in [-0.39, 0.29) is 0 Å². The van der Waals surface area contributed by atoms with E-state index >= 15 is 0 Å². The molecule has 4 nitrogen and oxygen atoms in total. The second kappa shape index (κ2) is 9.19. The van der Waals surface area contributed by atoms with Crippen molar-refractivity contribution in [2.24, 2.45) is 5.92 Å². The van der Waals surface area contributed by atoms with Crippen LogP contribution in [0.3, 0.4) is 0 Å². The highest BCUT2D eigenvalue weighted by Crippen LogP contribution is 2.09. The van der Waals surface area contributed by atoms with Gasteiger partial charge in [0.1, 0.15) is 0 Å². The zero-order valence-corrected chi connectivity index (χ0v) is 10.8. The molecule has 0 amide bonds. The van der Waals surface area contributed by atoms with E-state index in [2.05, 4.69) is 21.8 Å². The van der Waals surface area contributed by atoms with Crippen molar-refractivity contribution in [1.82, 2.24) is 14.9 Å². The highest BCUT2D eigenvalue weighted by molar-refractivity contribution is 4.73. The Labute approximate surface area is 104 Å². The van der Waals surface area contributed by atoms with Gasteiger partial charge >= 0.3 is 0 Å². The topological polar surface area (TPSA) is 50.1 Å². The largest absolute Gasteiger partial charge is 0.396 e. The summed E-state index contributed by atoms with van der Waals surface area (Å²) in [6.45, 7) is 5.58. The molecule has 0 bridgehead atoms. The van der Waals surface area contributed by atoms with Crippen molar-refractivity contribution in [1.29, 1.82) is 0 Å². The molecule has 0 aliphatic rings. The molecule has 0 aliphatic carbocycles. The fraction of sp³-hybridized carbons (Fsp3) is 0.769. The molecule has 98 valence electrons. The van der Waals surface area contributed by atoms with Crippen LogP contribution in [-0.4, -0.2) is 34.4 Å². The molecule has 1 heterocycles. The third kappa shape index (κ3) is 6.44. The zero-order valence-electron chi connectivity index (χ0n) is 10.8. The molecule has 1 atom stereocenters. The summed E-state index contributed by atoms with van der Waals surface area (Å²) in [5, 5.41) is 12.4. The van der Waals surface area contributed by atoms with E-state index < -0.39 is 0 Å². The van der Waals surface area contributed by atoms with Crippen molar-refractivity contribution in [3.05, 3.63) is 18.7 Å². The molecule has 0 aromatic carbocycles. The van der Waals surface area contributed by atoms with Gasteiger partial charge in [-0.15, -0.1) is 0 Å². The number of nitrogens with zero attached hydrogens (tertiary/aromatic N) is 2. The number of nitrogens with one attached hydrogen (secondary N) is 1. The van der Waals surface area contributed by atoms with Crippen LogP contribution in [0.5, 0.6) is 0 Å². The maximum absolute atomic E-state index is 8.95. The van der Waals surface area contributed by atoms with Crippen molar-refractivity contribution in [2.75, 3.05) is 19.7 Å². The Hall–Kier alpha value is -0.870. The Morgan fingerprint density at radius 3 is 2.94 bits per heavy atom. The standard InChI is InChI=1S/C13H25N3O/c1-2-4-13(5-10-17)11-14-6-3-8-16-9-7-15-12-16/h7,9,12-14,17H,2-6,8,10-11H2,1H3. The van der Waals surface area contributed by atoms with Crippen LogP contribution in [-0.2, 0) is 6.54 Å². The second-order valence-corrected chi connectivity index (χ2v) is 4.53. The number of aromatic nitrogens is 2. The number of hydrogen-bond acceptors (Lipinski definition) is 3. The highest BCUT2D eigenvalue weighted by Gasteiger charge is 2.05. The van der Waals surface area contributed by atoms with Gasteiger partial charge in [-0.05, 0) is 38.3 Å². The van der Waals surface area contributed by atoms with Gasteiger partial charge in [0.15, 0.2) is 0 Å². The van der Waals surface area contributed by atoms with Crippen LogP contribution in [0.25, 0.3) is 0 Å². The van der Waals surface area contributed by atoms with Crippen LogP contribution < -0.4 is 5.32 Å². The molecule has 0 aliphatic heterocycles. The van der Waals surface area contributed by atoms with E-state index in [9.17, 15) is 0 Å². The SMILES string of the molecule is CCCC(CCO)CNCCCn1ccnc1. The summed E-state index contributed by atoms with van der Waals surface area (Å²) in [5.74, 6) is 0.623. The third-order valence-electron chi connectivity index (χ3n) is 3.00. The van der Waals surface area contributed by atoms with Crippen molar-refractivity contribution in [2.45, 2.75) is 39.2 Å². The van der Waals surface area contributed by atoms with Crippen LogP contribution >= 0.6 is 0 Å². The summed E-state index contributed by atoms with van der Waals surface area (Å²) in [5.41, 5.74) is 0.